The summed E-state index contributed by atoms with van der Waals surface area (Å²) >= 11 is 0. The number of hydrogen-bond acceptors (Lipinski definition) is 3. The fourth-order valence-electron chi connectivity index (χ4n) is 2.07. The van der Waals surface area contributed by atoms with Gasteiger partial charge in [0.25, 0.3) is 0 Å². The monoisotopic (exact) mass is 275 g/mol. The zero-order valence-electron chi connectivity index (χ0n) is 12.2. The summed E-state index contributed by atoms with van der Waals surface area (Å²) in [6, 6.07) is 7.41. The molecule has 1 saturated heterocycles. The number of nitrogens with zero attached hydrogens (tertiary/aromatic N) is 1. The van der Waals surface area contributed by atoms with Crippen molar-refractivity contribution in [3.05, 3.63) is 24.3 Å². The van der Waals surface area contributed by atoms with E-state index in [9.17, 15) is 9.59 Å². The van der Waals surface area contributed by atoms with Crippen LogP contribution in [0.4, 0.5) is 11.4 Å². The predicted octanol–water partition coefficient (Wildman–Crippen LogP) is 1.75. The first-order valence-corrected chi connectivity index (χ1v) is 6.85. The molecule has 0 radical (unpaired) electrons. The van der Waals surface area contributed by atoms with Crippen LogP contribution in [0.2, 0.25) is 0 Å². The zero-order chi connectivity index (χ0) is 14.8. The van der Waals surface area contributed by atoms with Gasteiger partial charge in [-0.3, -0.25) is 9.59 Å². The molecule has 0 aliphatic carbocycles. The van der Waals surface area contributed by atoms with Crippen LogP contribution in [0, 0.1) is 0 Å². The van der Waals surface area contributed by atoms with Crippen LogP contribution in [0.1, 0.15) is 26.7 Å². The van der Waals surface area contributed by atoms with Gasteiger partial charge < -0.3 is 15.5 Å². The average molecular weight is 275 g/mol. The maximum atomic E-state index is 12.1. The number of benzene rings is 1. The standard InChI is InChI=1S/C15H21N3O2/c1-15(2,16-3)14(20)17-11-6-4-7-12(10-11)18-9-5-8-13(18)19/h4,6-7,10,16H,5,8-9H2,1-3H3,(H,17,20). The highest BCUT2D eigenvalue weighted by molar-refractivity contribution is 5.99. The molecule has 0 aromatic heterocycles. The van der Waals surface area contributed by atoms with E-state index in [2.05, 4.69) is 10.6 Å². The molecule has 0 atom stereocenters. The Morgan fingerprint density at radius 3 is 2.70 bits per heavy atom. The van der Waals surface area contributed by atoms with Crippen molar-refractivity contribution in [3.63, 3.8) is 0 Å². The first-order valence-electron chi connectivity index (χ1n) is 6.85. The molecule has 0 spiro atoms. The van der Waals surface area contributed by atoms with E-state index >= 15 is 0 Å². The summed E-state index contributed by atoms with van der Waals surface area (Å²) in [5.41, 5.74) is 0.905. The van der Waals surface area contributed by atoms with Gasteiger partial charge in [0.15, 0.2) is 0 Å². The smallest absolute Gasteiger partial charge is 0.244 e. The maximum Gasteiger partial charge on any atom is 0.244 e. The van der Waals surface area contributed by atoms with Crippen molar-refractivity contribution < 1.29 is 9.59 Å². The van der Waals surface area contributed by atoms with Crippen molar-refractivity contribution in [1.82, 2.24) is 5.32 Å². The highest BCUT2D eigenvalue weighted by atomic mass is 16.2. The molecule has 5 heteroatoms. The highest BCUT2D eigenvalue weighted by Gasteiger charge is 2.26. The van der Waals surface area contributed by atoms with Crippen LogP contribution in [0.25, 0.3) is 0 Å². The summed E-state index contributed by atoms with van der Waals surface area (Å²) in [6.07, 6.45) is 1.49. The molecule has 1 heterocycles. The average Bonchev–Trinajstić information content (AvgIpc) is 2.85. The van der Waals surface area contributed by atoms with E-state index in [0.29, 0.717) is 12.1 Å². The molecule has 0 bridgehead atoms. The fourth-order valence-corrected chi connectivity index (χ4v) is 2.07. The van der Waals surface area contributed by atoms with Crippen LogP contribution >= 0.6 is 0 Å². The van der Waals surface area contributed by atoms with Gasteiger partial charge in [0, 0.05) is 24.3 Å². The lowest BCUT2D eigenvalue weighted by Gasteiger charge is -2.23. The van der Waals surface area contributed by atoms with Crippen molar-refractivity contribution in [3.8, 4) is 0 Å². The summed E-state index contributed by atoms with van der Waals surface area (Å²) < 4.78 is 0. The highest BCUT2D eigenvalue weighted by Crippen LogP contribution is 2.24. The van der Waals surface area contributed by atoms with Gasteiger partial charge in [-0.05, 0) is 45.5 Å². The summed E-state index contributed by atoms with van der Waals surface area (Å²) in [7, 11) is 1.75. The van der Waals surface area contributed by atoms with Gasteiger partial charge >= 0.3 is 0 Å². The summed E-state index contributed by atoms with van der Waals surface area (Å²) in [5, 5.41) is 5.83. The maximum absolute atomic E-state index is 12.1. The third kappa shape index (κ3) is 2.99. The van der Waals surface area contributed by atoms with E-state index in [1.165, 1.54) is 0 Å². The van der Waals surface area contributed by atoms with E-state index in [0.717, 1.165) is 18.7 Å². The van der Waals surface area contributed by atoms with E-state index in [4.69, 9.17) is 0 Å². The molecule has 1 aliphatic heterocycles. The van der Waals surface area contributed by atoms with E-state index < -0.39 is 5.54 Å². The topological polar surface area (TPSA) is 61.4 Å². The van der Waals surface area contributed by atoms with Gasteiger partial charge in [-0.1, -0.05) is 6.07 Å². The Bertz CT molecular complexity index is 526. The van der Waals surface area contributed by atoms with E-state index in [1.54, 1.807) is 11.9 Å². The molecule has 1 aromatic rings. The third-order valence-electron chi connectivity index (χ3n) is 3.68. The molecule has 1 fully saturated rings. The van der Waals surface area contributed by atoms with Gasteiger partial charge in [-0.15, -0.1) is 0 Å². The van der Waals surface area contributed by atoms with E-state index in [1.807, 2.05) is 38.1 Å². The normalized spacial score (nSPS) is 15.6. The Kier molecular flexibility index (Phi) is 4.09. The molecular weight excluding hydrogens is 254 g/mol. The van der Waals surface area contributed by atoms with Crippen molar-refractivity contribution in [2.75, 3.05) is 23.8 Å². The predicted molar refractivity (Wildman–Crippen MR) is 79.8 cm³/mol. The lowest BCUT2D eigenvalue weighted by Crippen LogP contribution is -2.47. The molecule has 20 heavy (non-hydrogen) atoms. The van der Waals surface area contributed by atoms with Gasteiger partial charge in [-0.2, -0.15) is 0 Å². The number of carbonyl (C=O) groups is 2. The second-order valence-electron chi connectivity index (χ2n) is 5.53. The number of carbonyl (C=O) groups excluding carboxylic acids is 2. The Morgan fingerprint density at radius 1 is 1.35 bits per heavy atom. The molecule has 0 unspecified atom stereocenters. The Balaban J connectivity index is 2.14. The van der Waals surface area contributed by atoms with Crippen molar-refractivity contribution >= 4 is 23.2 Å². The molecule has 2 rings (SSSR count). The largest absolute Gasteiger partial charge is 0.324 e. The molecule has 2 N–H and O–H groups in total. The number of likely N-dealkylation sites (N-methyl/N-ethyl adjacent to an activating group) is 1. The van der Waals surface area contributed by atoms with E-state index in [-0.39, 0.29) is 11.8 Å². The van der Waals surface area contributed by atoms with Gasteiger partial charge in [-0.25, -0.2) is 0 Å². The lowest BCUT2D eigenvalue weighted by molar-refractivity contribution is -0.121. The lowest BCUT2D eigenvalue weighted by atomic mass is 10.1. The van der Waals surface area contributed by atoms with Crippen LogP contribution in [0.15, 0.2) is 24.3 Å². The first-order chi connectivity index (χ1) is 9.44. The second-order valence-corrected chi connectivity index (χ2v) is 5.53. The molecule has 0 saturated carbocycles. The van der Waals surface area contributed by atoms with Crippen LogP contribution in [-0.4, -0.2) is 30.9 Å². The molecular formula is C15H21N3O2. The van der Waals surface area contributed by atoms with Crippen LogP contribution in [0.3, 0.4) is 0 Å². The number of hydrogen-bond donors (Lipinski definition) is 2. The number of rotatable bonds is 4. The minimum atomic E-state index is -0.639. The minimum absolute atomic E-state index is 0.107. The SMILES string of the molecule is CNC(C)(C)C(=O)Nc1cccc(N2CCCC2=O)c1. The van der Waals surface area contributed by atoms with Gasteiger partial charge in [0.1, 0.15) is 0 Å². The third-order valence-corrected chi connectivity index (χ3v) is 3.68. The van der Waals surface area contributed by atoms with Crippen molar-refractivity contribution in [2.24, 2.45) is 0 Å². The number of amides is 2. The quantitative estimate of drug-likeness (QED) is 0.880. The summed E-state index contributed by atoms with van der Waals surface area (Å²) in [6.45, 7) is 4.38. The van der Waals surface area contributed by atoms with Crippen molar-refractivity contribution in [1.29, 1.82) is 0 Å². The number of nitrogens with one attached hydrogen (secondary N) is 2. The second kappa shape index (κ2) is 5.63. The zero-order valence-corrected chi connectivity index (χ0v) is 12.2. The Labute approximate surface area is 119 Å². The molecule has 108 valence electrons. The molecule has 1 aliphatic rings. The van der Waals surface area contributed by atoms with Gasteiger partial charge in [0.2, 0.25) is 11.8 Å². The first kappa shape index (κ1) is 14.5. The summed E-state index contributed by atoms with van der Waals surface area (Å²) in [5.74, 6) is 0.0360. The molecule has 1 aromatic carbocycles. The Morgan fingerprint density at radius 2 is 2.10 bits per heavy atom. The van der Waals surface area contributed by atoms with Crippen LogP contribution in [-0.2, 0) is 9.59 Å². The minimum Gasteiger partial charge on any atom is -0.324 e. The number of anilines is 2. The molecule has 2 amide bonds. The van der Waals surface area contributed by atoms with Crippen LogP contribution < -0.4 is 15.5 Å². The van der Waals surface area contributed by atoms with Gasteiger partial charge in [0.05, 0.1) is 5.54 Å². The van der Waals surface area contributed by atoms with Crippen molar-refractivity contribution in [2.45, 2.75) is 32.2 Å². The van der Waals surface area contributed by atoms with Crippen LogP contribution in [0.5, 0.6) is 0 Å². The fraction of sp³-hybridized carbons (Fsp3) is 0.467. The summed E-state index contributed by atoms with van der Waals surface area (Å²) in [4.78, 5) is 25.6. The Hall–Kier alpha value is -1.88. The molecule has 5 nitrogen and oxygen atoms in total.